The highest BCUT2D eigenvalue weighted by atomic mass is 79.9. The molecule has 0 aliphatic carbocycles. The molecule has 116 valence electrons. The number of halogens is 3. The number of nitrogens with one attached hydrogen (secondary N) is 2. The van der Waals surface area contributed by atoms with Crippen molar-refractivity contribution in [1.29, 1.82) is 0 Å². The molecule has 0 saturated carbocycles. The molecule has 7 heteroatoms. The highest BCUT2D eigenvalue weighted by molar-refractivity contribution is 9.10. The van der Waals surface area contributed by atoms with E-state index >= 15 is 0 Å². The van der Waals surface area contributed by atoms with Crippen LogP contribution in [0.5, 0.6) is 0 Å². The highest BCUT2D eigenvalue weighted by Crippen LogP contribution is 2.22. The maximum atomic E-state index is 13.6. The van der Waals surface area contributed by atoms with Crippen molar-refractivity contribution in [1.82, 2.24) is 4.98 Å². The second-order valence-corrected chi connectivity index (χ2v) is 5.73. The molecule has 3 rings (SSSR count). The number of rotatable bonds is 2. The average molecular weight is 379 g/mol. The molecule has 0 saturated heterocycles. The number of benzene rings is 2. The van der Waals surface area contributed by atoms with E-state index in [2.05, 4.69) is 26.2 Å². The molecule has 0 aliphatic heterocycles. The third-order valence-corrected chi connectivity index (χ3v) is 3.72. The lowest BCUT2D eigenvalue weighted by atomic mass is 10.1. The first-order valence-electron chi connectivity index (χ1n) is 6.53. The van der Waals surface area contributed by atoms with E-state index in [4.69, 9.17) is 0 Å². The summed E-state index contributed by atoms with van der Waals surface area (Å²) in [5.74, 6) is -2.15. The van der Waals surface area contributed by atoms with Crippen LogP contribution in [0.3, 0.4) is 0 Å². The lowest BCUT2D eigenvalue weighted by molar-refractivity contribution is 0.102. The van der Waals surface area contributed by atoms with Crippen molar-refractivity contribution in [3.05, 3.63) is 74.5 Å². The first kappa shape index (κ1) is 15.4. The lowest BCUT2D eigenvalue weighted by Crippen LogP contribution is -2.17. The molecule has 1 aromatic heterocycles. The number of hydrogen-bond acceptors (Lipinski definition) is 2. The number of aromatic amines is 1. The number of amides is 1. The first-order valence-corrected chi connectivity index (χ1v) is 7.32. The number of fused-ring (bicyclic) bond motifs is 1. The van der Waals surface area contributed by atoms with Crippen LogP contribution in [0.1, 0.15) is 10.4 Å². The number of aromatic nitrogens is 1. The summed E-state index contributed by atoms with van der Waals surface area (Å²) in [4.78, 5) is 26.7. The normalized spacial score (nSPS) is 10.7. The summed E-state index contributed by atoms with van der Waals surface area (Å²) >= 11 is 3.28. The molecule has 0 fully saturated rings. The minimum atomic E-state index is -0.767. The maximum Gasteiger partial charge on any atom is 0.256 e. The SMILES string of the molecule is O=C(Nc1cc(F)ccc1F)c1cc(=O)[nH]c2cc(Br)ccc12. The van der Waals surface area contributed by atoms with E-state index in [0.29, 0.717) is 10.9 Å². The minimum absolute atomic E-state index is 0.0694. The van der Waals surface area contributed by atoms with Crippen LogP contribution in [0, 0.1) is 11.6 Å². The summed E-state index contributed by atoms with van der Waals surface area (Å²) in [5.41, 5.74) is -0.238. The van der Waals surface area contributed by atoms with Crippen molar-refractivity contribution in [2.24, 2.45) is 0 Å². The zero-order valence-corrected chi connectivity index (χ0v) is 13.1. The third kappa shape index (κ3) is 3.14. The predicted octanol–water partition coefficient (Wildman–Crippen LogP) is 3.82. The summed E-state index contributed by atoms with van der Waals surface area (Å²) in [5, 5.41) is 2.77. The van der Waals surface area contributed by atoms with Crippen molar-refractivity contribution < 1.29 is 13.6 Å². The fourth-order valence-corrected chi connectivity index (χ4v) is 2.56. The quantitative estimate of drug-likeness (QED) is 0.711. The van der Waals surface area contributed by atoms with Gasteiger partial charge < -0.3 is 10.3 Å². The molecule has 4 nitrogen and oxygen atoms in total. The van der Waals surface area contributed by atoms with Crippen LogP contribution in [0.4, 0.5) is 14.5 Å². The van der Waals surface area contributed by atoms with Crippen molar-refractivity contribution in [3.8, 4) is 0 Å². The second kappa shape index (κ2) is 5.92. The van der Waals surface area contributed by atoms with Gasteiger partial charge in [-0.15, -0.1) is 0 Å². The van der Waals surface area contributed by atoms with Gasteiger partial charge in [0.05, 0.1) is 16.8 Å². The number of anilines is 1. The van der Waals surface area contributed by atoms with Gasteiger partial charge in [0.25, 0.3) is 5.91 Å². The molecule has 0 radical (unpaired) electrons. The van der Waals surface area contributed by atoms with E-state index in [9.17, 15) is 18.4 Å². The summed E-state index contributed by atoms with van der Waals surface area (Å²) in [6.07, 6.45) is 0. The monoisotopic (exact) mass is 378 g/mol. The highest BCUT2D eigenvalue weighted by Gasteiger charge is 2.14. The second-order valence-electron chi connectivity index (χ2n) is 4.82. The standard InChI is InChI=1S/C16H9BrF2N2O2/c17-8-1-3-10-11(7-15(22)20-13(10)5-8)16(23)21-14-6-9(18)2-4-12(14)19/h1-7H,(H,20,22)(H,21,23). The van der Waals surface area contributed by atoms with Gasteiger partial charge in [0.15, 0.2) is 0 Å². The summed E-state index contributed by atoms with van der Waals surface area (Å²) < 4.78 is 27.6. The number of hydrogen-bond donors (Lipinski definition) is 2. The average Bonchev–Trinajstić information content (AvgIpc) is 2.49. The largest absolute Gasteiger partial charge is 0.322 e. The zero-order valence-electron chi connectivity index (χ0n) is 11.5. The molecule has 3 aromatic rings. The Morgan fingerprint density at radius 2 is 1.87 bits per heavy atom. The van der Waals surface area contributed by atoms with Crippen LogP contribution < -0.4 is 10.9 Å². The summed E-state index contributed by atoms with van der Waals surface area (Å²) in [6.45, 7) is 0. The van der Waals surface area contributed by atoms with E-state index in [1.807, 2.05) is 0 Å². The topological polar surface area (TPSA) is 62.0 Å². The van der Waals surface area contributed by atoms with Gasteiger partial charge in [-0.05, 0) is 24.3 Å². The van der Waals surface area contributed by atoms with Gasteiger partial charge in [-0.25, -0.2) is 8.78 Å². The molecule has 0 unspecified atom stereocenters. The van der Waals surface area contributed by atoms with E-state index in [1.165, 1.54) is 0 Å². The molecule has 1 amide bonds. The summed E-state index contributed by atoms with van der Waals surface area (Å²) in [7, 11) is 0. The Morgan fingerprint density at radius 3 is 2.65 bits per heavy atom. The first-order chi connectivity index (χ1) is 10.9. The van der Waals surface area contributed by atoms with Gasteiger partial charge in [-0.1, -0.05) is 22.0 Å². The fraction of sp³-hybridized carbons (Fsp3) is 0. The van der Waals surface area contributed by atoms with Gasteiger partial charge in [-0.3, -0.25) is 9.59 Å². The van der Waals surface area contributed by atoms with Gasteiger partial charge in [0, 0.05) is 22.0 Å². The van der Waals surface area contributed by atoms with Gasteiger partial charge >= 0.3 is 0 Å². The Labute approximate surface area is 137 Å². The number of pyridine rings is 1. The number of carbonyl (C=O) groups excluding carboxylic acids is 1. The Morgan fingerprint density at radius 1 is 1.09 bits per heavy atom. The minimum Gasteiger partial charge on any atom is -0.322 e. The lowest BCUT2D eigenvalue weighted by Gasteiger charge is -2.09. The van der Waals surface area contributed by atoms with Crippen LogP contribution in [-0.2, 0) is 0 Å². The Bertz CT molecular complexity index is 985. The molecule has 0 spiro atoms. The van der Waals surface area contributed by atoms with Crippen LogP contribution in [0.25, 0.3) is 10.9 Å². The zero-order chi connectivity index (χ0) is 16.6. The Kier molecular flexibility index (Phi) is 3.96. The molecule has 1 heterocycles. The van der Waals surface area contributed by atoms with Crippen LogP contribution in [0.15, 0.2) is 51.7 Å². The molecular weight excluding hydrogens is 370 g/mol. The van der Waals surface area contributed by atoms with E-state index in [1.54, 1.807) is 18.2 Å². The van der Waals surface area contributed by atoms with E-state index in [0.717, 1.165) is 28.7 Å². The predicted molar refractivity (Wildman–Crippen MR) is 86.6 cm³/mol. The smallest absolute Gasteiger partial charge is 0.256 e. The van der Waals surface area contributed by atoms with Gasteiger partial charge in [0.2, 0.25) is 5.56 Å². The molecule has 2 N–H and O–H groups in total. The molecule has 0 atom stereocenters. The van der Waals surface area contributed by atoms with Crippen molar-refractivity contribution in [2.75, 3.05) is 5.32 Å². The van der Waals surface area contributed by atoms with E-state index < -0.39 is 23.1 Å². The van der Waals surface area contributed by atoms with Crippen molar-refractivity contribution >= 4 is 38.4 Å². The van der Waals surface area contributed by atoms with Crippen molar-refractivity contribution in [3.63, 3.8) is 0 Å². The number of carbonyl (C=O) groups is 1. The van der Waals surface area contributed by atoms with Crippen molar-refractivity contribution in [2.45, 2.75) is 0 Å². The third-order valence-electron chi connectivity index (χ3n) is 3.23. The molecular formula is C16H9BrF2N2O2. The fourth-order valence-electron chi connectivity index (χ4n) is 2.20. The molecule has 0 bridgehead atoms. The molecule has 0 aliphatic rings. The van der Waals surface area contributed by atoms with Crippen LogP contribution in [0.2, 0.25) is 0 Å². The molecule has 23 heavy (non-hydrogen) atoms. The Balaban J connectivity index is 2.07. The maximum absolute atomic E-state index is 13.6. The van der Waals surface area contributed by atoms with Crippen LogP contribution in [-0.4, -0.2) is 10.9 Å². The molecule has 2 aromatic carbocycles. The van der Waals surface area contributed by atoms with Gasteiger partial charge in [0.1, 0.15) is 11.6 Å². The van der Waals surface area contributed by atoms with E-state index in [-0.39, 0.29) is 11.3 Å². The number of H-pyrrole nitrogens is 1. The summed E-state index contributed by atoms with van der Waals surface area (Å²) in [6, 6.07) is 8.85. The van der Waals surface area contributed by atoms with Crippen LogP contribution >= 0.6 is 15.9 Å². The Hall–Kier alpha value is -2.54. The van der Waals surface area contributed by atoms with Gasteiger partial charge in [-0.2, -0.15) is 0 Å².